The zero-order valence-corrected chi connectivity index (χ0v) is 17.8. The van der Waals surface area contributed by atoms with Gasteiger partial charge in [0.1, 0.15) is 0 Å². The second kappa shape index (κ2) is 8.15. The Hall–Kier alpha value is -1.80. The molecule has 0 N–H and O–H groups in total. The predicted molar refractivity (Wildman–Crippen MR) is 93.3 cm³/mol. The van der Waals surface area contributed by atoms with Gasteiger partial charge in [-0.1, -0.05) is 55.2 Å². The van der Waals surface area contributed by atoms with Gasteiger partial charge < -0.3 is 0 Å². The third-order valence-corrected chi connectivity index (χ3v) is 7.76. The molecule has 0 unspecified atom stereocenters. The first-order valence-electron chi connectivity index (χ1n) is 8.72. The van der Waals surface area contributed by atoms with Gasteiger partial charge in [-0.3, -0.25) is 0 Å². The summed E-state index contributed by atoms with van der Waals surface area (Å²) in [6, 6.07) is 6.70. The van der Waals surface area contributed by atoms with Crippen molar-refractivity contribution in [2.24, 2.45) is 0 Å². The minimum Gasteiger partial charge on any atom is -0.204 e. The molecule has 0 radical (unpaired) electrons. The summed E-state index contributed by atoms with van der Waals surface area (Å²) in [6.45, 7) is -0.477. The van der Waals surface area contributed by atoms with Crippen LogP contribution in [0.2, 0.25) is 13.1 Å². The predicted octanol–water partition coefficient (Wildman–Crippen LogP) is 7.95. The first-order valence-corrected chi connectivity index (χ1v) is 11.8. The molecule has 0 amide bonds. The van der Waals surface area contributed by atoms with E-state index >= 15 is 0 Å². The van der Waals surface area contributed by atoms with Gasteiger partial charge in [-0.15, -0.1) is 0 Å². The van der Waals surface area contributed by atoms with E-state index in [0.717, 1.165) is 6.08 Å². The number of halogens is 14. The molecule has 0 aliphatic heterocycles. The molecule has 0 saturated carbocycles. The second-order valence-corrected chi connectivity index (χ2v) is 12.2. The molecule has 0 aromatic heterocycles. The summed E-state index contributed by atoms with van der Waals surface area (Å²) < 4.78 is 192. The Kier molecular flexibility index (Phi) is 7.22. The Morgan fingerprint density at radius 2 is 0.939 bits per heavy atom. The maximum atomic E-state index is 14.5. The molecule has 0 heterocycles. The molecule has 33 heavy (non-hydrogen) atoms. The van der Waals surface area contributed by atoms with Gasteiger partial charge >= 0.3 is 35.5 Å². The highest BCUT2D eigenvalue weighted by Crippen LogP contribution is 2.63. The SMILES string of the molecule is CC(F)(F)C(F)(F)C(F)(F)C(F)(F)C(F)(F)C(F)(F)C(F)(F)[Si](C)(C)C=Cc1ccccc1. The first-order chi connectivity index (χ1) is 14.3. The van der Waals surface area contributed by atoms with Crippen LogP contribution in [0.3, 0.4) is 0 Å². The van der Waals surface area contributed by atoms with Crippen LogP contribution >= 0.6 is 0 Å². The van der Waals surface area contributed by atoms with E-state index in [1.165, 1.54) is 30.3 Å². The summed E-state index contributed by atoms with van der Waals surface area (Å²) in [5, 5.41) is 0. The fourth-order valence-corrected chi connectivity index (χ4v) is 4.23. The van der Waals surface area contributed by atoms with Gasteiger partial charge in [-0.2, -0.15) is 52.7 Å². The van der Waals surface area contributed by atoms with E-state index in [0.29, 0.717) is 18.8 Å². The summed E-state index contributed by atoms with van der Waals surface area (Å²) in [7, 11) is -5.24. The monoisotopic (exact) mass is 526 g/mol. The largest absolute Gasteiger partial charge is 0.384 e. The highest BCUT2D eigenvalue weighted by molar-refractivity contribution is 6.85. The minimum absolute atomic E-state index is 0.0886. The van der Waals surface area contributed by atoms with E-state index in [1.807, 2.05) is 0 Å². The Morgan fingerprint density at radius 3 is 1.33 bits per heavy atom. The van der Waals surface area contributed by atoms with Crippen molar-refractivity contribution in [1.82, 2.24) is 0 Å². The summed E-state index contributed by atoms with van der Waals surface area (Å²) in [4.78, 5) is 0. The fourth-order valence-electron chi connectivity index (χ4n) is 2.44. The zero-order chi connectivity index (χ0) is 26.5. The van der Waals surface area contributed by atoms with Gasteiger partial charge in [-0.05, 0) is 5.56 Å². The van der Waals surface area contributed by atoms with E-state index in [4.69, 9.17) is 0 Å². The van der Waals surface area contributed by atoms with Crippen molar-refractivity contribution in [1.29, 1.82) is 0 Å². The smallest absolute Gasteiger partial charge is 0.204 e. The molecule has 190 valence electrons. The number of rotatable bonds is 9. The van der Waals surface area contributed by atoms with Gasteiger partial charge in [0.25, 0.3) is 5.55 Å². The van der Waals surface area contributed by atoms with Crippen LogP contribution in [0.25, 0.3) is 6.08 Å². The van der Waals surface area contributed by atoms with Crippen LogP contribution < -0.4 is 0 Å². The molecule has 0 saturated heterocycles. The molecule has 1 rings (SSSR count). The van der Waals surface area contributed by atoms with Gasteiger partial charge in [0.2, 0.25) is 0 Å². The standard InChI is InChI=1S/C18H16F14Si/c1-12(19,20)13(21,22)14(23,24)15(25,26)16(27,28)17(29,30)18(31,32)33(2,3)10-9-11-7-5-4-6-8-11/h4-10H,1-3H3. The average molecular weight is 526 g/mol. The van der Waals surface area contributed by atoms with E-state index in [-0.39, 0.29) is 5.56 Å². The Bertz CT molecular complexity index is 853. The maximum Gasteiger partial charge on any atom is 0.384 e. The molecule has 0 spiro atoms. The fraction of sp³-hybridized carbons (Fsp3) is 0.556. The lowest BCUT2D eigenvalue weighted by Gasteiger charge is -2.44. The molecule has 0 atom stereocenters. The van der Waals surface area contributed by atoms with Crippen molar-refractivity contribution < 1.29 is 61.5 Å². The quantitative estimate of drug-likeness (QED) is 0.226. The summed E-state index contributed by atoms with van der Waals surface area (Å²) in [5.74, 6) is -44.5. The van der Waals surface area contributed by atoms with Gasteiger partial charge in [0.05, 0.1) is 0 Å². The number of alkyl halides is 14. The van der Waals surface area contributed by atoms with Crippen molar-refractivity contribution in [2.75, 3.05) is 0 Å². The summed E-state index contributed by atoms with van der Waals surface area (Å²) >= 11 is 0. The van der Waals surface area contributed by atoms with Crippen molar-refractivity contribution in [3.05, 3.63) is 41.6 Å². The molecule has 15 heteroatoms. The average Bonchev–Trinajstić information content (AvgIpc) is 2.65. The van der Waals surface area contributed by atoms with Gasteiger partial charge in [-0.25, -0.2) is 8.78 Å². The van der Waals surface area contributed by atoms with Crippen LogP contribution in [-0.2, 0) is 0 Å². The molecular weight excluding hydrogens is 510 g/mol. The Morgan fingerprint density at radius 1 is 0.576 bits per heavy atom. The van der Waals surface area contributed by atoms with E-state index in [2.05, 4.69) is 0 Å². The molecule has 1 aromatic rings. The molecule has 0 aliphatic rings. The number of benzene rings is 1. The molecular formula is C18H16F14Si. The van der Waals surface area contributed by atoms with Crippen LogP contribution in [0.5, 0.6) is 0 Å². The third kappa shape index (κ3) is 4.25. The topological polar surface area (TPSA) is 0 Å². The van der Waals surface area contributed by atoms with Crippen molar-refractivity contribution >= 4 is 14.1 Å². The molecule has 0 bridgehead atoms. The van der Waals surface area contributed by atoms with Crippen LogP contribution in [0.15, 0.2) is 36.0 Å². The van der Waals surface area contributed by atoms with Gasteiger partial charge in [0.15, 0.2) is 8.07 Å². The highest BCUT2D eigenvalue weighted by atomic mass is 28.3. The van der Waals surface area contributed by atoms with E-state index in [9.17, 15) is 61.5 Å². The molecule has 1 aromatic carbocycles. The highest BCUT2D eigenvalue weighted by Gasteiger charge is 2.93. The first kappa shape index (κ1) is 29.2. The van der Waals surface area contributed by atoms with Crippen LogP contribution in [0.1, 0.15) is 12.5 Å². The number of hydrogen-bond acceptors (Lipinski definition) is 0. The minimum atomic E-state index is -8.02. The Labute approximate surface area is 179 Å². The second-order valence-electron chi connectivity index (χ2n) is 7.80. The third-order valence-electron chi connectivity index (χ3n) is 4.82. The van der Waals surface area contributed by atoms with Crippen LogP contribution in [0.4, 0.5) is 61.5 Å². The van der Waals surface area contributed by atoms with E-state index in [1.54, 1.807) is 0 Å². The zero-order valence-electron chi connectivity index (χ0n) is 16.8. The summed E-state index contributed by atoms with van der Waals surface area (Å²) in [6.07, 6.45) is 0.757. The lowest BCUT2D eigenvalue weighted by atomic mass is 9.92. The van der Waals surface area contributed by atoms with E-state index < -0.39 is 56.1 Å². The molecule has 0 fully saturated rings. The van der Waals surface area contributed by atoms with Crippen LogP contribution in [-0.4, -0.2) is 49.2 Å². The summed E-state index contributed by atoms with van der Waals surface area (Å²) in [5.41, 5.74) is -5.74. The lowest BCUT2D eigenvalue weighted by molar-refractivity contribution is -0.434. The molecule has 0 aliphatic carbocycles. The normalized spacial score (nSPS) is 15.9. The Balaban J connectivity index is 3.58. The lowest BCUT2D eigenvalue weighted by Crippen LogP contribution is -2.75. The van der Waals surface area contributed by atoms with Gasteiger partial charge in [0, 0.05) is 6.92 Å². The van der Waals surface area contributed by atoms with Crippen molar-refractivity contribution in [3.63, 3.8) is 0 Å². The maximum absolute atomic E-state index is 14.5. The molecule has 0 nitrogen and oxygen atoms in total. The van der Waals surface area contributed by atoms with Crippen LogP contribution in [0, 0.1) is 0 Å². The number of hydrogen-bond donors (Lipinski definition) is 0. The van der Waals surface area contributed by atoms with Crippen molar-refractivity contribution in [2.45, 2.75) is 61.1 Å². The van der Waals surface area contributed by atoms with Crippen molar-refractivity contribution in [3.8, 4) is 0 Å².